The highest BCUT2D eigenvalue weighted by atomic mass is 35.5. The Balaban J connectivity index is 1.39. The average Bonchev–Trinajstić information content (AvgIpc) is 2.95. The van der Waals surface area contributed by atoms with Crippen molar-refractivity contribution in [3.05, 3.63) is 40.3 Å². The van der Waals surface area contributed by atoms with Crippen molar-refractivity contribution < 1.29 is 9.53 Å². The Morgan fingerprint density at radius 3 is 2.69 bits per heavy atom. The second-order valence-corrected chi connectivity index (χ2v) is 7.32. The molecule has 0 atom stereocenters. The molecule has 1 aliphatic carbocycles. The van der Waals surface area contributed by atoms with Crippen molar-refractivity contribution >= 4 is 17.5 Å². The number of rotatable bonds is 6. The molecule has 0 saturated heterocycles. The first-order valence-corrected chi connectivity index (χ1v) is 9.47. The lowest BCUT2D eigenvalue weighted by Gasteiger charge is -2.29. The van der Waals surface area contributed by atoms with Crippen molar-refractivity contribution in [2.24, 2.45) is 0 Å². The fourth-order valence-corrected chi connectivity index (χ4v) is 3.52. The number of aromatic nitrogens is 3. The number of hydrogen-bond acceptors (Lipinski definition) is 4. The van der Waals surface area contributed by atoms with Crippen molar-refractivity contribution in [2.75, 3.05) is 0 Å². The van der Waals surface area contributed by atoms with E-state index < -0.39 is 0 Å². The predicted octanol–water partition coefficient (Wildman–Crippen LogP) is 3.51. The molecular formula is C19H25ClN4O2. The maximum absolute atomic E-state index is 12.2. The smallest absolute Gasteiger partial charge is 0.220 e. The van der Waals surface area contributed by atoms with Crippen molar-refractivity contribution in [3.63, 3.8) is 0 Å². The SMILES string of the molecule is Cc1n[nH]c(C)c1CCC(=O)NC1CCC(Oc2ccc(Cl)cn2)CC1. The first kappa shape index (κ1) is 18.7. The van der Waals surface area contributed by atoms with E-state index >= 15 is 0 Å². The van der Waals surface area contributed by atoms with Gasteiger partial charge in [0.2, 0.25) is 11.8 Å². The Morgan fingerprint density at radius 2 is 2.08 bits per heavy atom. The van der Waals surface area contributed by atoms with Gasteiger partial charge in [-0.2, -0.15) is 5.10 Å². The predicted molar refractivity (Wildman–Crippen MR) is 100 cm³/mol. The zero-order valence-corrected chi connectivity index (χ0v) is 16.0. The van der Waals surface area contributed by atoms with Crippen LogP contribution in [0.4, 0.5) is 0 Å². The summed E-state index contributed by atoms with van der Waals surface area (Å²) in [5.74, 6) is 0.710. The van der Waals surface area contributed by atoms with E-state index in [1.54, 1.807) is 18.3 Å². The summed E-state index contributed by atoms with van der Waals surface area (Å²) in [7, 11) is 0. The Labute approximate surface area is 158 Å². The van der Waals surface area contributed by atoms with E-state index in [2.05, 4.69) is 20.5 Å². The second-order valence-electron chi connectivity index (χ2n) is 6.89. The molecule has 0 spiro atoms. The molecule has 1 amide bonds. The molecule has 2 aromatic rings. The monoisotopic (exact) mass is 376 g/mol. The Hall–Kier alpha value is -2.08. The molecule has 2 N–H and O–H groups in total. The number of aryl methyl sites for hydroxylation is 2. The van der Waals surface area contributed by atoms with Gasteiger partial charge >= 0.3 is 0 Å². The molecule has 0 bridgehead atoms. The Bertz CT molecular complexity index is 717. The number of aromatic amines is 1. The molecule has 0 radical (unpaired) electrons. The summed E-state index contributed by atoms with van der Waals surface area (Å²) in [5, 5.41) is 10.9. The van der Waals surface area contributed by atoms with Crippen LogP contribution in [0.1, 0.15) is 49.1 Å². The van der Waals surface area contributed by atoms with Gasteiger partial charge in [-0.05, 0) is 57.6 Å². The minimum absolute atomic E-state index is 0.105. The van der Waals surface area contributed by atoms with Crippen LogP contribution in [0.15, 0.2) is 18.3 Å². The molecule has 2 heterocycles. The van der Waals surface area contributed by atoms with Crippen LogP contribution in [0.25, 0.3) is 0 Å². The zero-order chi connectivity index (χ0) is 18.5. The highest BCUT2D eigenvalue weighted by molar-refractivity contribution is 6.30. The first-order chi connectivity index (χ1) is 12.5. The fourth-order valence-electron chi connectivity index (χ4n) is 3.41. The quantitative estimate of drug-likeness (QED) is 0.808. The van der Waals surface area contributed by atoms with Gasteiger partial charge in [0.25, 0.3) is 0 Å². The van der Waals surface area contributed by atoms with E-state index in [0.29, 0.717) is 17.3 Å². The lowest BCUT2D eigenvalue weighted by atomic mass is 9.92. The number of carbonyl (C=O) groups excluding carboxylic acids is 1. The number of pyridine rings is 1. The maximum Gasteiger partial charge on any atom is 0.220 e. The number of amides is 1. The minimum atomic E-state index is 0.105. The molecule has 1 saturated carbocycles. The lowest BCUT2D eigenvalue weighted by molar-refractivity contribution is -0.122. The third kappa shape index (κ3) is 4.97. The number of hydrogen-bond donors (Lipinski definition) is 2. The zero-order valence-electron chi connectivity index (χ0n) is 15.2. The summed E-state index contributed by atoms with van der Waals surface area (Å²) in [6, 6.07) is 3.79. The van der Waals surface area contributed by atoms with Crippen LogP contribution in [0.2, 0.25) is 5.02 Å². The third-order valence-corrected chi connectivity index (χ3v) is 5.13. The van der Waals surface area contributed by atoms with Crippen LogP contribution in [0.3, 0.4) is 0 Å². The van der Waals surface area contributed by atoms with Crippen LogP contribution in [-0.4, -0.2) is 33.2 Å². The van der Waals surface area contributed by atoms with Gasteiger partial charge in [0.1, 0.15) is 6.10 Å². The van der Waals surface area contributed by atoms with Gasteiger partial charge in [-0.3, -0.25) is 9.89 Å². The largest absolute Gasteiger partial charge is 0.474 e. The summed E-state index contributed by atoms with van der Waals surface area (Å²) in [4.78, 5) is 16.4. The Kier molecular flexibility index (Phi) is 6.14. The number of H-pyrrole nitrogens is 1. The van der Waals surface area contributed by atoms with Gasteiger partial charge in [0, 0.05) is 30.4 Å². The van der Waals surface area contributed by atoms with E-state index in [9.17, 15) is 4.79 Å². The van der Waals surface area contributed by atoms with Crippen LogP contribution < -0.4 is 10.1 Å². The number of carbonyl (C=O) groups is 1. The van der Waals surface area contributed by atoms with Crippen molar-refractivity contribution in [2.45, 2.75) is 64.5 Å². The molecule has 1 aliphatic rings. The second kappa shape index (κ2) is 8.54. The molecular weight excluding hydrogens is 352 g/mol. The molecule has 1 fully saturated rings. The number of halogens is 1. The maximum atomic E-state index is 12.2. The first-order valence-electron chi connectivity index (χ1n) is 9.09. The minimum Gasteiger partial charge on any atom is -0.474 e. The summed E-state index contributed by atoms with van der Waals surface area (Å²) in [5.41, 5.74) is 3.17. The highest BCUT2D eigenvalue weighted by Crippen LogP contribution is 2.23. The number of nitrogens with one attached hydrogen (secondary N) is 2. The van der Waals surface area contributed by atoms with Gasteiger partial charge in [-0.1, -0.05) is 11.6 Å². The normalized spacial score (nSPS) is 20.0. The van der Waals surface area contributed by atoms with E-state index in [1.807, 2.05) is 13.8 Å². The van der Waals surface area contributed by atoms with E-state index in [4.69, 9.17) is 16.3 Å². The summed E-state index contributed by atoms with van der Waals surface area (Å²) < 4.78 is 5.89. The van der Waals surface area contributed by atoms with Gasteiger partial charge < -0.3 is 10.1 Å². The molecule has 26 heavy (non-hydrogen) atoms. The molecule has 140 valence electrons. The van der Waals surface area contributed by atoms with Crippen molar-refractivity contribution in [3.8, 4) is 5.88 Å². The van der Waals surface area contributed by atoms with Gasteiger partial charge in [0.15, 0.2) is 0 Å². The molecule has 0 aromatic carbocycles. The summed E-state index contributed by atoms with van der Waals surface area (Å²) in [6.45, 7) is 3.96. The number of ether oxygens (including phenoxy) is 1. The highest BCUT2D eigenvalue weighted by Gasteiger charge is 2.24. The molecule has 6 nitrogen and oxygen atoms in total. The average molecular weight is 377 g/mol. The molecule has 0 unspecified atom stereocenters. The van der Waals surface area contributed by atoms with Gasteiger partial charge in [-0.25, -0.2) is 4.98 Å². The fraction of sp³-hybridized carbons (Fsp3) is 0.526. The van der Waals surface area contributed by atoms with Crippen molar-refractivity contribution in [1.29, 1.82) is 0 Å². The number of nitrogens with zero attached hydrogens (tertiary/aromatic N) is 2. The van der Waals surface area contributed by atoms with E-state index in [-0.39, 0.29) is 18.1 Å². The van der Waals surface area contributed by atoms with Crippen molar-refractivity contribution in [1.82, 2.24) is 20.5 Å². The molecule has 2 aromatic heterocycles. The van der Waals surface area contributed by atoms with Crippen LogP contribution in [-0.2, 0) is 11.2 Å². The standard InChI is InChI=1S/C19H25ClN4O2/c1-12-17(13(2)24-23-12)8-9-18(25)22-15-4-6-16(7-5-15)26-19-10-3-14(20)11-21-19/h3,10-11,15-16H,4-9H2,1-2H3,(H,22,25)(H,23,24). The van der Waals surface area contributed by atoms with Crippen LogP contribution in [0.5, 0.6) is 5.88 Å². The summed E-state index contributed by atoms with van der Waals surface area (Å²) >= 11 is 5.83. The van der Waals surface area contributed by atoms with E-state index in [0.717, 1.165) is 49.1 Å². The van der Waals surface area contributed by atoms with Gasteiger partial charge in [0.05, 0.1) is 10.7 Å². The van der Waals surface area contributed by atoms with Crippen LogP contribution in [0, 0.1) is 13.8 Å². The molecule has 7 heteroatoms. The third-order valence-electron chi connectivity index (χ3n) is 4.91. The molecule has 3 rings (SSSR count). The van der Waals surface area contributed by atoms with Gasteiger partial charge in [-0.15, -0.1) is 0 Å². The Morgan fingerprint density at radius 1 is 1.31 bits per heavy atom. The topological polar surface area (TPSA) is 79.9 Å². The lowest BCUT2D eigenvalue weighted by Crippen LogP contribution is -2.39. The van der Waals surface area contributed by atoms with E-state index in [1.165, 1.54) is 0 Å². The molecule has 0 aliphatic heterocycles. The van der Waals surface area contributed by atoms with Crippen LogP contribution >= 0.6 is 11.6 Å². The summed E-state index contributed by atoms with van der Waals surface area (Å²) in [6.07, 6.45) is 6.62.